The fourth-order valence-corrected chi connectivity index (χ4v) is 3.77. The van der Waals surface area contributed by atoms with Crippen LogP contribution in [0.5, 0.6) is 0 Å². The number of carbonyl (C=O) groups excluding carboxylic acids is 1. The van der Waals surface area contributed by atoms with Crippen LogP contribution in [0.2, 0.25) is 10.0 Å². The number of likely N-dealkylation sites (tertiary alicyclic amines) is 1. The standard InChI is InChI=1S/C19H19Cl2NO/c1-13(14-6-3-2-4-7-14)22-11-10-15(19(22)23)12-16-17(20)8-5-9-18(16)21/h2-9,13,15H,10-12H2,1H3/t13-,15?/m1/s1. The summed E-state index contributed by atoms with van der Waals surface area (Å²) < 4.78 is 0. The van der Waals surface area contributed by atoms with Crippen LogP contribution >= 0.6 is 23.2 Å². The van der Waals surface area contributed by atoms with Crippen LogP contribution in [0.1, 0.15) is 30.5 Å². The van der Waals surface area contributed by atoms with E-state index in [1.165, 1.54) is 0 Å². The zero-order chi connectivity index (χ0) is 16.4. The van der Waals surface area contributed by atoms with E-state index in [1.54, 1.807) is 0 Å². The fraction of sp³-hybridized carbons (Fsp3) is 0.316. The van der Waals surface area contributed by atoms with Crippen LogP contribution in [0, 0.1) is 5.92 Å². The highest BCUT2D eigenvalue weighted by Crippen LogP contribution is 2.33. The summed E-state index contributed by atoms with van der Waals surface area (Å²) in [5, 5.41) is 1.28. The van der Waals surface area contributed by atoms with Gasteiger partial charge >= 0.3 is 0 Å². The number of hydrogen-bond donors (Lipinski definition) is 0. The Hall–Kier alpha value is -1.51. The minimum absolute atomic E-state index is 0.0430. The van der Waals surface area contributed by atoms with Gasteiger partial charge in [0.1, 0.15) is 0 Å². The second kappa shape index (κ2) is 6.94. The SMILES string of the molecule is C[C@H](c1ccccc1)N1CCC(Cc2c(Cl)cccc2Cl)C1=O. The Kier molecular flexibility index (Phi) is 4.93. The third-order valence-electron chi connectivity index (χ3n) is 4.61. The van der Waals surface area contributed by atoms with Gasteiger partial charge in [0.05, 0.1) is 6.04 Å². The molecule has 2 atom stereocenters. The summed E-state index contributed by atoms with van der Waals surface area (Å²) in [5.74, 6) is 0.149. The highest BCUT2D eigenvalue weighted by molar-refractivity contribution is 6.36. The van der Waals surface area contributed by atoms with Gasteiger partial charge in [-0.05, 0) is 43.0 Å². The molecule has 2 nitrogen and oxygen atoms in total. The fourth-order valence-electron chi connectivity index (χ4n) is 3.22. The van der Waals surface area contributed by atoms with E-state index in [0.717, 1.165) is 24.1 Å². The molecule has 2 aromatic carbocycles. The van der Waals surface area contributed by atoms with Gasteiger partial charge < -0.3 is 4.90 Å². The maximum atomic E-state index is 12.8. The summed E-state index contributed by atoms with van der Waals surface area (Å²) in [6.45, 7) is 2.86. The van der Waals surface area contributed by atoms with Gasteiger partial charge in [0.25, 0.3) is 0 Å². The highest BCUT2D eigenvalue weighted by Gasteiger charge is 2.35. The maximum Gasteiger partial charge on any atom is 0.226 e. The van der Waals surface area contributed by atoms with Gasteiger partial charge in [-0.2, -0.15) is 0 Å². The van der Waals surface area contributed by atoms with E-state index in [9.17, 15) is 4.79 Å². The molecule has 1 heterocycles. The minimum atomic E-state index is -0.0430. The topological polar surface area (TPSA) is 20.3 Å². The Bertz CT molecular complexity index is 682. The van der Waals surface area contributed by atoms with Gasteiger partial charge in [-0.25, -0.2) is 0 Å². The van der Waals surface area contributed by atoms with Crippen molar-refractivity contribution in [1.82, 2.24) is 4.90 Å². The summed E-state index contributed by atoms with van der Waals surface area (Å²) in [6.07, 6.45) is 1.45. The van der Waals surface area contributed by atoms with Crippen molar-refractivity contribution in [2.75, 3.05) is 6.54 Å². The van der Waals surface area contributed by atoms with Crippen LogP contribution in [-0.2, 0) is 11.2 Å². The summed E-state index contributed by atoms with van der Waals surface area (Å²) in [5.41, 5.74) is 2.04. The molecule has 0 aliphatic carbocycles. The van der Waals surface area contributed by atoms with Crippen LogP contribution in [0.3, 0.4) is 0 Å². The lowest BCUT2D eigenvalue weighted by Crippen LogP contribution is -2.30. The average molecular weight is 348 g/mol. The summed E-state index contributed by atoms with van der Waals surface area (Å²) in [4.78, 5) is 14.8. The molecule has 120 valence electrons. The Morgan fingerprint density at radius 2 is 1.74 bits per heavy atom. The first-order valence-electron chi connectivity index (χ1n) is 7.86. The van der Waals surface area contributed by atoms with Gasteiger partial charge in [0.2, 0.25) is 5.91 Å². The molecule has 0 aromatic heterocycles. The lowest BCUT2D eigenvalue weighted by Gasteiger charge is -2.25. The summed E-state index contributed by atoms with van der Waals surface area (Å²) >= 11 is 12.5. The van der Waals surface area contributed by atoms with E-state index in [1.807, 2.05) is 41.3 Å². The van der Waals surface area contributed by atoms with Gasteiger partial charge in [0.15, 0.2) is 0 Å². The van der Waals surface area contributed by atoms with Crippen LogP contribution in [0.4, 0.5) is 0 Å². The third kappa shape index (κ3) is 3.39. The Balaban J connectivity index is 1.74. The second-order valence-corrected chi connectivity index (χ2v) is 6.82. The van der Waals surface area contributed by atoms with E-state index >= 15 is 0 Å². The minimum Gasteiger partial charge on any atom is -0.336 e. The Morgan fingerprint density at radius 1 is 1.09 bits per heavy atom. The van der Waals surface area contributed by atoms with E-state index < -0.39 is 0 Å². The van der Waals surface area contributed by atoms with Crippen molar-refractivity contribution in [1.29, 1.82) is 0 Å². The third-order valence-corrected chi connectivity index (χ3v) is 5.32. The number of amides is 1. The number of halogens is 2. The van der Waals surface area contributed by atoms with Crippen molar-refractivity contribution in [3.8, 4) is 0 Å². The van der Waals surface area contributed by atoms with Crippen molar-refractivity contribution in [2.24, 2.45) is 5.92 Å². The van der Waals surface area contributed by atoms with Gasteiger partial charge in [0, 0.05) is 22.5 Å². The molecule has 1 aliphatic rings. The summed E-state index contributed by atoms with van der Waals surface area (Å²) in [7, 11) is 0. The zero-order valence-electron chi connectivity index (χ0n) is 13.0. The quantitative estimate of drug-likeness (QED) is 0.749. The van der Waals surface area contributed by atoms with Crippen LogP contribution in [0.25, 0.3) is 0 Å². The first kappa shape index (κ1) is 16.4. The number of benzene rings is 2. The van der Waals surface area contributed by atoms with Crippen LogP contribution in [0.15, 0.2) is 48.5 Å². The van der Waals surface area contributed by atoms with Gasteiger partial charge in [-0.1, -0.05) is 59.6 Å². The van der Waals surface area contributed by atoms with Crippen molar-refractivity contribution >= 4 is 29.1 Å². The smallest absolute Gasteiger partial charge is 0.226 e. The molecule has 4 heteroatoms. The predicted molar refractivity (Wildman–Crippen MR) is 94.8 cm³/mol. The van der Waals surface area contributed by atoms with E-state index in [4.69, 9.17) is 23.2 Å². The van der Waals surface area contributed by atoms with E-state index in [2.05, 4.69) is 19.1 Å². The molecule has 2 aromatic rings. The lowest BCUT2D eigenvalue weighted by molar-refractivity contribution is -0.132. The second-order valence-electron chi connectivity index (χ2n) is 6.01. The first-order valence-corrected chi connectivity index (χ1v) is 8.62. The molecule has 1 aliphatic heterocycles. The zero-order valence-corrected chi connectivity index (χ0v) is 14.5. The molecule has 1 unspecified atom stereocenters. The highest BCUT2D eigenvalue weighted by atomic mass is 35.5. The molecule has 0 saturated carbocycles. The lowest BCUT2D eigenvalue weighted by atomic mass is 9.98. The normalized spacial score (nSPS) is 19.2. The molecule has 1 saturated heterocycles. The molecular formula is C19H19Cl2NO. The molecule has 0 bridgehead atoms. The maximum absolute atomic E-state index is 12.8. The molecule has 3 rings (SSSR count). The number of rotatable bonds is 4. The molecule has 0 radical (unpaired) electrons. The molecule has 0 spiro atoms. The van der Waals surface area contributed by atoms with Crippen LogP contribution < -0.4 is 0 Å². The molecule has 23 heavy (non-hydrogen) atoms. The Morgan fingerprint density at radius 3 is 2.39 bits per heavy atom. The number of carbonyl (C=O) groups is 1. The number of nitrogens with zero attached hydrogens (tertiary/aromatic N) is 1. The first-order chi connectivity index (χ1) is 11.1. The van der Waals surface area contributed by atoms with Crippen molar-refractivity contribution < 1.29 is 4.79 Å². The van der Waals surface area contributed by atoms with Crippen molar-refractivity contribution in [3.63, 3.8) is 0 Å². The summed E-state index contributed by atoms with van der Waals surface area (Å²) in [6, 6.07) is 15.7. The molecular weight excluding hydrogens is 329 g/mol. The van der Waals surface area contributed by atoms with Gasteiger partial charge in [-0.15, -0.1) is 0 Å². The molecule has 1 amide bonds. The molecule has 1 fully saturated rings. The van der Waals surface area contributed by atoms with E-state index in [-0.39, 0.29) is 17.9 Å². The predicted octanol–water partition coefficient (Wildman–Crippen LogP) is 5.15. The van der Waals surface area contributed by atoms with Crippen molar-refractivity contribution in [2.45, 2.75) is 25.8 Å². The van der Waals surface area contributed by atoms with E-state index in [0.29, 0.717) is 16.5 Å². The van der Waals surface area contributed by atoms with Crippen molar-refractivity contribution in [3.05, 3.63) is 69.7 Å². The van der Waals surface area contributed by atoms with Gasteiger partial charge in [-0.3, -0.25) is 4.79 Å². The van der Waals surface area contributed by atoms with Crippen LogP contribution in [-0.4, -0.2) is 17.4 Å². The number of hydrogen-bond acceptors (Lipinski definition) is 1. The largest absolute Gasteiger partial charge is 0.336 e. The molecule has 0 N–H and O–H groups in total. The average Bonchev–Trinajstić information content (AvgIpc) is 2.92. The monoisotopic (exact) mass is 347 g/mol. The Labute approximate surface area is 147 Å².